The maximum absolute atomic E-state index is 13.3. The minimum atomic E-state index is -0.587. The van der Waals surface area contributed by atoms with Crippen LogP contribution in [0.5, 0.6) is 17.2 Å². The van der Waals surface area contributed by atoms with Crippen LogP contribution in [0.4, 0.5) is 0 Å². The quantitative estimate of drug-likeness (QED) is 0.555. The maximum atomic E-state index is 13.3. The molecule has 0 aliphatic carbocycles. The Hall–Kier alpha value is -3.17. The molecule has 1 aromatic carbocycles. The molecule has 6 rings (SSSR count). The third kappa shape index (κ3) is 3.78. The van der Waals surface area contributed by atoms with Gasteiger partial charge in [-0.3, -0.25) is 9.80 Å². The highest BCUT2D eigenvalue weighted by molar-refractivity contribution is 5.97. The Kier molecular flexibility index (Phi) is 6.28. The molecular formula is C28H34N2O7. The van der Waals surface area contributed by atoms with Crippen molar-refractivity contribution in [1.82, 2.24) is 9.80 Å². The van der Waals surface area contributed by atoms with E-state index in [4.69, 9.17) is 28.4 Å². The van der Waals surface area contributed by atoms with Crippen LogP contribution in [0.3, 0.4) is 0 Å². The molecule has 1 fully saturated rings. The number of nitrogens with zero attached hydrogens (tertiary/aromatic N) is 2. The van der Waals surface area contributed by atoms with Crippen molar-refractivity contribution in [2.24, 2.45) is 0 Å². The number of rotatable bonds is 5. The van der Waals surface area contributed by atoms with Gasteiger partial charge in [0.15, 0.2) is 23.0 Å². The highest BCUT2D eigenvalue weighted by Gasteiger charge is 2.48. The zero-order chi connectivity index (χ0) is 25.7. The second-order valence-corrected chi connectivity index (χ2v) is 10.1. The molecule has 198 valence electrons. The molecule has 5 heterocycles. The molecule has 9 heteroatoms. The predicted octanol–water partition coefficient (Wildman–Crippen LogP) is 3.24. The summed E-state index contributed by atoms with van der Waals surface area (Å²) in [5.41, 5.74) is 4.35. The summed E-state index contributed by atoms with van der Waals surface area (Å²) in [5.74, 6) is 2.21. The summed E-state index contributed by atoms with van der Waals surface area (Å²) in [6.45, 7) is 7.96. The first-order valence-electron chi connectivity index (χ1n) is 13.0. The molecule has 2 atom stereocenters. The molecule has 1 aromatic rings. The van der Waals surface area contributed by atoms with Crippen LogP contribution in [-0.2, 0) is 32.0 Å². The van der Waals surface area contributed by atoms with Crippen molar-refractivity contribution in [3.05, 3.63) is 52.0 Å². The maximum Gasteiger partial charge on any atom is 0.343 e. The highest BCUT2D eigenvalue weighted by Crippen LogP contribution is 2.55. The van der Waals surface area contributed by atoms with Gasteiger partial charge in [0.05, 0.1) is 20.3 Å². The van der Waals surface area contributed by atoms with E-state index >= 15 is 0 Å². The summed E-state index contributed by atoms with van der Waals surface area (Å²) in [6, 6.07) is -0.287. The summed E-state index contributed by atoms with van der Waals surface area (Å²) in [5, 5.41) is 0. The number of hydrogen-bond donors (Lipinski definition) is 0. The number of carbonyl (C=O) groups excluding carboxylic acids is 1. The first-order valence-corrected chi connectivity index (χ1v) is 13.0. The largest absolute Gasteiger partial charge is 0.494 e. The van der Waals surface area contributed by atoms with Gasteiger partial charge in [0.2, 0.25) is 12.5 Å². The van der Waals surface area contributed by atoms with Gasteiger partial charge in [-0.1, -0.05) is 19.1 Å². The lowest BCUT2D eigenvalue weighted by Gasteiger charge is -2.40. The summed E-state index contributed by atoms with van der Waals surface area (Å²) in [4.78, 5) is 18.0. The average molecular weight is 511 g/mol. The lowest BCUT2D eigenvalue weighted by Crippen LogP contribution is -2.41. The Bertz CT molecular complexity index is 1200. The molecule has 0 radical (unpaired) electrons. The van der Waals surface area contributed by atoms with Crippen molar-refractivity contribution in [2.75, 3.05) is 54.3 Å². The van der Waals surface area contributed by atoms with E-state index < -0.39 is 12.1 Å². The number of ether oxygens (including phenoxy) is 6. The Morgan fingerprint density at radius 3 is 2.54 bits per heavy atom. The van der Waals surface area contributed by atoms with Gasteiger partial charge in [-0.2, -0.15) is 0 Å². The number of carbonyl (C=O) groups is 1. The van der Waals surface area contributed by atoms with E-state index in [1.54, 1.807) is 6.08 Å². The molecule has 0 N–H and O–H groups in total. The number of likely N-dealkylation sites (N-methyl/N-ethyl adjacent to an activating group) is 1. The summed E-state index contributed by atoms with van der Waals surface area (Å²) in [6.07, 6.45) is 5.62. The monoisotopic (exact) mass is 510 g/mol. The molecule has 5 aliphatic rings. The molecule has 5 aliphatic heterocycles. The third-order valence-electron chi connectivity index (χ3n) is 8.16. The summed E-state index contributed by atoms with van der Waals surface area (Å²) >= 11 is 0. The van der Waals surface area contributed by atoms with E-state index in [0.29, 0.717) is 34.2 Å². The zero-order valence-corrected chi connectivity index (χ0v) is 21.8. The van der Waals surface area contributed by atoms with Crippen LogP contribution in [-0.4, -0.2) is 76.2 Å². The van der Waals surface area contributed by atoms with Crippen LogP contribution >= 0.6 is 0 Å². The molecule has 0 aromatic heterocycles. The van der Waals surface area contributed by atoms with Gasteiger partial charge in [-0.15, -0.1) is 0 Å². The van der Waals surface area contributed by atoms with Crippen molar-refractivity contribution >= 4 is 5.97 Å². The Morgan fingerprint density at radius 2 is 1.81 bits per heavy atom. The van der Waals surface area contributed by atoms with Crippen molar-refractivity contribution in [3.63, 3.8) is 0 Å². The van der Waals surface area contributed by atoms with Crippen molar-refractivity contribution in [3.8, 4) is 17.2 Å². The number of benzene rings is 1. The van der Waals surface area contributed by atoms with Gasteiger partial charge in [0.1, 0.15) is 18.3 Å². The molecule has 9 nitrogen and oxygen atoms in total. The second kappa shape index (κ2) is 9.61. The number of hydrogen-bond acceptors (Lipinski definition) is 9. The number of fused-ring (bicyclic) bond motifs is 4. The number of esters is 1. The van der Waals surface area contributed by atoms with Gasteiger partial charge in [0, 0.05) is 29.8 Å². The molecule has 0 saturated carbocycles. The highest BCUT2D eigenvalue weighted by atomic mass is 16.7. The molecule has 2 bridgehead atoms. The smallest absolute Gasteiger partial charge is 0.343 e. The Labute approximate surface area is 217 Å². The van der Waals surface area contributed by atoms with E-state index in [1.165, 1.54) is 39.0 Å². The topological polar surface area (TPSA) is 78.9 Å². The number of likely N-dealkylation sites (tertiary alicyclic amines) is 1. The third-order valence-corrected chi connectivity index (χ3v) is 8.16. The van der Waals surface area contributed by atoms with E-state index in [9.17, 15) is 4.79 Å². The zero-order valence-electron chi connectivity index (χ0n) is 21.8. The van der Waals surface area contributed by atoms with E-state index in [0.717, 1.165) is 49.5 Å². The van der Waals surface area contributed by atoms with Gasteiger partial charge in [-0.25, -0.2) is 4.79 Å². The fourth-order valence-corrected chi connectivity index (χ4v) is 6.39. The van der Waals surface area contributed by atoms with Crippen LogP contribution < -0.4 is 14.2 Å². The van der Waals surface area contributed by atoms with Crippen LogP contribution in [0.25, 0.3) is 0 Å². The van der Waals surface area contributed by atoms with Crippen molar-refractivity contribution < 1.29 is 33.2 Å². The van der Waals surface area contributed by atoms with Crippen LogP contribution in [0.15, 0.2) is 35.3 Å². The van der Waals surface area contributed by atoms with Crippen LogP contribution in [0.1, 0.15) is 42.0 Å². The van der Waals surface area contributed by atoms with Gasteiger partial charge < -0.3 is 28.4 Å². The fourth-order valence-electron chi connectivity index (χ4n) is 6.39. The molecule has 0 amide bonds. The summed E-state index contributed by atoms with van der Waals surface area (Å²) in [7, 11) is 5.10. The lowest BCUT2D eigenvalue weighted by molar-refractivity contribution is -0.142. The van der Waals surface area contributed by atoms with Crippen molar-refractivity contribution in [1.29, 1.82) is 0 Å². The normalized spacial score (nSPS) is 25.4. The summed E-state index contributed by atoms with van der Waals surface area (Å²) < 4.78 is 36.1. The predicted molar refractivity (Wildman–Crippen MR) is 134 cm³/mol. The average Bonchev–Trinajstić information content (AvgIpc) is 3.52. The van der Waals surface area contributed by atoms with E-state index in [2.05, 4.69) is 23.4 Å². The molecule has 0 spiro atoms. The van der Waals surface area contributed by atoms with Gasteiger partial charge >= 0.3 is 5.97 Å². The number of methoxy groups -OCH3 is 2. The SMILES string of the molecule is C=CC1=C2C(=O)OC1C1c3c(c(CN4CCCCC4)c4c(c3OCC(OC)=C2OC)OCO4)CCN1C. The molecule has 2 unspecified atom stereocenters. The molecular weight excluding hydrogens is 476 g/mol. The molecule has 1 saturated heterocycles. The van der Waals surface area contributed by atoms with E-state index in [-0.39, 0.29) is 19.4 Å². The lowest BCUT2D eigenvalue weighted by atomic mass is 9.82. The minimum absolute atomic E-state index is 0.0513. The Balaban J connectivity index is 1.59. The fraction of sp³-hybridized carbons (Fsp3) is 0.536. The van der Waals surface area contributed by atoms with Crippen molar-refractivity contribution in [2.45, 2.75) is 44.4 Å². The first kappa shape index (κ1) is 24.2. The van der Waals surface area contributed by atoms with Crippen LogP contribution in [0, 0.1) is 0 Å². The number of piperidine rings is 1. The minimum Gasteiger partial charge on any atom is -0.494 e. The first-order chi connectivity index (χ1) is 18.1. The van der Waals surface area contributed by atoms with Gasteiger partial charge in [-0.05, 0) is 45.0 Å². The standard InChI is InChI=1S/C28H34N2O7/c1-5-16-21-25(33-4)19(32-3)14-34-26-20-17(9-12-29(2)22(20)23(16)37-28(21)31)18(24-27(26)36-15-35-24)13-30-10-7-6-8-11-30/h5,22-23H,1,6-15H2,2-4H3. The van der Waals surface area contributed by atoms with Gasteiger partial charge in [0.25, 0.3) is 0 Å². The molecule has 37 heavy (non-hydrogen) atoms. The Morgan fingerprint density at radius 1 is 1.03 bits per heavy atom. The second-order valence-electron chi connectivity index (χ2n) is 10.1. The van der Waals surface area contributed by atoms with E-state index in [1.807, 2.05) is 0 Å². The van der Waals surface area contributed by atoms with Crippen LogP contribution in [0.2, 0.25) is 0 Å².